The van der Waals surface area contributed by atoms with Gasteiger partial charge in [-0.2, -0.15) is 0 Å². The van der Waals surface area contributed by atoms with E-state index in [1.54, 1.807) is 28.4 Å². The molecular weight excluding hydrogens is 402 g/mol. The molecule has 0 radical (unpaired) electrons. The average molecular weight is 415 g/mol. The van der Waals surface area contributed by atoms with Crippen molar-refractivity contribution >= 4 is 44.8 Å². The Balaban J connectivity index is 1.81. The van der Waals surface area contributed by atoms with E-state index in [2.05, 4.69) is 15.9 Å². The van der Waals surface area contributed by atoms with E-state index in [4.69, 9.17) is 16.3 Å². The molecule has 0 bridgehead atoms. The van der Waals surface area contributed by atoms with Crippen LogP contribution in [0.2, 0.25) is 5.02 Å². The minimum atomic E-state index is -0.473. The van der Waals surface area contributed by atoms with Crippen LogP contribution in [0.3, 0.4) is 0 Å². The first-order valence-electron chi connectivity index (χ1n) is 7.14. The van der Waals surface area contributed by atoms with Crippen molar-refractivity contribution in [2.45, 2.75) is 11.6 Å². The van der Waals surface area contributed by atoms with Gasteiger partial charge in [-0.1, -0.05) is 23.7 Å². The second kappa shape index (κ2) is 5.57. The third kappa shape index (κ3) is 2.20. The minimum absolute atomic E-state index is 0.0655. The number of halogens is 2. The third-order valence-corrected chi connectivity index (χ3v) is 6.50. The summed E-state index contributed by atoms with van der Waals surface area (Å²) in [4.78, 5) is 15.8. The van der Waals surface area contributed by atoms with Crippen LogP contribution >= 0.6 is 38.9 Å². The largest absolute Gasteiger partial charge is 0.394 e. The van der Waals surface area contributed by atoms with Crippen LogP contribution in [0.1, 0.15) is 26.8 Å². The van der Waals surface area contributed by atoms with Gasteiger partial charge in [0, 0.05) is 9.90 Å². The van der Waals surface area contributed by atoms with E-state index in [-0.39, 0.29) is 12.5 Å². The molecule has 1 fully saturated rings. The molecule has 2 aliphatic rings. The van der Waals surface area contributed by atoms with E-state index in [9.17, 15) is 9.90 Å². The van der Waals surface area contributed by atoms with Gasteiger partial charge in [-0.3, -0.25) is 4.79 Å². The van der Waals surface area contributed by atoms with Crippen LogP contribution in [0, 0.1) is 0 Å². The Morgan fingerprint density at radius 3 is 2.83 bits per heavy atom. The summed E-state index contributed by atoms with van der Waals surface area (Å²) in [7, 11) is 0. The number of carbonyl (C=O) groups is 1. The fraction of sp³-hybridized carbons (Fsp3) is 0.312. The fourth-order valence-electron chi connectivity index (χ4n) is 3.35. The minimum Gasteiger partial charge on any atom is -0.394 e. The Hall–Kier alpha value is -0.920. The van der Waals surface area contributed by atoms with Crippen molar-refractivity contribution in [1.82, 2.24) is 4.90 Å². The summed E-state index contributed by atoms with van der Waals surface area (Å²) in [6.07, 6.45) is 0. The van der Waals surface area contributed by atoms with E-state index >= 15 is 0 Å². The Bertz CT molecular complexity index is 789. The maximum Gasteiger partial charge on any atom is 0.256 e. The van der Waals surface area contributed by atoms with Crippen molar-refractivity contribution in [1.29, 1.82) is 0 Å². The highest BCUT2D eigenvalue weighted by molar-refractivity contribution is 9.11. The second-order valence-electron chi connectivity index (χ2n) is 5.75. The summed E-state index contributed by atoms with van der Waals surface area (Å²) in [6.45, 7) is 0.745. The van der Waals surface area contributed by atoms with Crippen molar-refractivity contribution in [3.05, 3.63) is 55.1 Å². The number of thiophene rings is 1. The summed E-state index contributed by atoms with van der Waals surface area (Å²) >= 11 is 11.1. The molecule has 120 valence electrons. The number of amides is 1. The lowest BCUT2D eigenvalue weighted by atomic mass is 9.92. The number of aliphatic hydroxyl groups is 1. The molecule has 1 aromatic heterocycles. The molecule has 4 nitrogen and oxygen atoms in total. The first-order valence-corrected chi connectivity index (χ1v) is 9.13. The second-order valence-corrected chi connectivity index (χ2v) is 8.61. The Morgan fingerprint density at radius 1 is 1.43 bits per heavy atom. The summed E-state index contributed by atoms with van der Waals surface area (Å²) in [5.74, 6) is -0.0655. The summed E-state index contributed by atoms with van der Waals surface area (Å²) in [5, 5.41) is 10.6. The molecule has 3 heterocycles. The zero-order chi connectivity index (χ0) is 16.2. The Morgan fingerprint density at radius 2 is 2.22 bits per heavy atom. The highest BCUT2D eigenvalue weighted by atomic mass is 79.9. The SMILES string of the molecule is O=C1c2cc(Br)sc2C2(COC2)N1[C@H](CO)c1cccc(Cl)c1. The van der Waals surface area contributed by atoms with Crippen LogP contribution in [0.5, 0.6) is 0 Å². The van der Waals surface area contributed by atoms with Crippen LogP contribution in [-0.4, -0.2) is 35.7 Å². The van der Waals surface area contributed by atoms with E-state index in [0.29, 0.717) is 23.8 Å². The standard InChI is InChI=1S/C16H13BrClNO3S/c17-13-5-11-14(23-13)16(7-22-8-16)19(15(11)21)12(6-20)9-2-1-3-10(18)4-9/h1-5,12,20H,6-8H2/t12-/m1/s1. The van der Waals surface area contributed by atoms with Crippen molar-refractivity contribution in [3.63, 3.8) is 0 Å². The topological polar surface area (TPSA) is 49.8 Å². The van der Waals surface area contributed by atoms with E-state index in [1.165, 1.54) is 0 Å². The maximum absolute atomic E-state index is 13.0. The molecule has 7 heteroatoms. The number of ether oxygens (including phenoxy) is 1. The van der Waals surface area contributed by atoms with E-state index < -0.39 is 11.6 Å². The lowest BCUT2D eigenvalue weighted by Gasteiger charge is -2.48. The van der Waals surface area contributed by atoms with Crippen LogP contribution in [0.25, 0.3) is 0 Å². The van der Waals surface area contributed by atoms with Crippen molar-refractivity contribution in [2.75, 3.05) is 19.8 Å². The lowest BCUT2D eigenvalue weighted by Crippen LogP contribution is -2.58. The quantitative estimate of drug-likeness (QED) is 0.835. The highest BCUT2D eigenvalue weighted by Gasteiger charge is 2.58. The molecule has 1 N–H and O–H groups in total. The van der Waals surface area contributed by atoms with E-state index in [1.807, 2.05) is 18.2 Å². The van der Waals surface area contributed by atoms with Gasteiger partial charge in [-0.25, -0.2) is 0 Å². The van der Waals surface area contributed by atoms with Crippen LogP contribution in [0.15, 0.2) is 34.1 Å². The normalized spacial score (nSPS) is 19.8. The van der Waals surface area contributed by atoms with Gasteiger partial charge in [0.2, 0.25) is 0 Å². The summed E-state index contributed by atoms with van der Waals surface area (Å²) in [5.41, 5.74) is 1.05. The Kier molecular flexibility index (Phi) is 3.77. The van der Waals surface area contributed by atoms with Gasteiger partial charge in [-0.15, -0.1) is 11.3 Å². The lowest BCUT2D eigenvalue weighted by molar-refractivity contribution is -0.139. The highest BCUT2D eigenvalue weighted by Crippen LogP contribution is 2.52. The monoisotopic (exact) mass is 413 g/mol. The van der Waals surface area contributed by atoms with Gasteiger partial charge in [0.15, 0.2) is 0 Å². The molecular formula is C16H13BrClNO3S. The van der Waals surface area contributed by atoms with Crippen molar-refractivity contribution in [2.24, 2.45) is 0 Å². The number of hydrogen-bond acceptors (Lipinski definition) is 4. The molecule has 2 aromatic rings. The predicted molar refractivity (Wildman–Crippen MR) is 92.0 cm³/mol. The zero-order valence-corrected chi connectivity index (χ0v) is 15.1. The molecule has 23 heavy (non-hydrogen) atoms. The van der Waals surface area contributed by atoms with Gasteiger partial charge in [0.1, 0.15) is 5.54 Å². The molecule has 1 atom stereocenters. The number of aliphatic hydroxyl groups excluding tert-OH is 1. The fourth-order valence-corrected chi connectivity index (χ4v) is 5.30. The first kappa shape index (κ1) is 15.6. The van der Waals surface area contributed by atoms with Gasteiger partial charge in [0.25, 0.3) is 5.91 Å². The number of fused-ring (bicyclic) bond motifs is 2. The van der Waals surface area contributed by atoms with Gasteiger partial charge in [0.05, 0.1) is 35.2 Å². The van der Waals surface area contributed by atoms with Crippen LogP contribution < -0.4 is 0 Å². The number of nitrogens with zero attached hydrogens (tertiary/aromatic N) is 1. The number of rotatable bonds is 3. The zero-order valence-electron chi connectivity index (χ0n) is 12.0. The molecule has 4 rings (SSSR count). The molecule has 0 saturated carbocycles. The van der Waals surface area contributed by atoms with Gasteiger partial charge >= 0.3 is 0 Å². The molecule has 1 aromatic carbocycles. The smallest absolute Gasteiger partial charge is 0.256 e. The van der Waals surface area contributed by atoms with Crippen molar-refractivity contribution in [3.8, 4) is 0 Å². The van der Waals surface area contributed by atoms with Gasteiger partial charge in [-0.05, 0) is 39.7 Å². The molecule has 0 unspecified atom stereocenters. The van der Waals surface area contributed by atoms with E-state index in [0.717, 1.165) is 14.2 Å². The predicted octanol–water partition coefficient (Wildman–Crippen LogP) is 3.58. The summed E-state index contributed by atoms with van der Waals surface area (Å²) in [6, 6.07) is 8.71. The molecule has 0 aliphatic carbocycles. The Labute approximate surface area is 150 Å². The molecule has 1 spiro atoms. The number of carbonyl (C=O) groups excluding carboxylic acids is 1. The molecule has 2 aliphatic heterocycles. The number of benzene rings is 1. The third-order valence-electron chi connectivity index (χ3n) is 4.43. The van der Waals surface area contributed by atoms with Crippen molar-refractivity contribution < 1.29 is 14.6 Å². The molecule has 1 saturated heterocycles. The van der Waals surface area contributed by atoms with Gasteiger partial charge < -0.3 is 14.7 Å². The first-order chi connectivity index (χ1) is 11.1. The molecule has 1 amide bonds. The average Bonchev–Trinajstić information content (AvgIpc) is 2.96. The number of hydrogen-bond donors (Lipinski definition) is 1. The van der Waals surface area contributed by atoms with Crippen LogP contribution in [0.4, 0.5) is 0 Å². The maximum atomic E-state index is 13.0. The summed E-state index contributed by atoms with van der Waals surface area (Å²) < 4.78 is 6.38. The van der Waals surface area contributed by atoms with Crippen LogP contribution in [-0.2, 0) is 10.3 Å².